The SMILES string of the molecule is CNCCn1cc(-c2ccn3c(-c4cccc(NC(=O)NCC(F)(F)F)c4)cnc3c2)cn1. The Morgan fingerprint density at radius 2 is 1.94 bits per heavy atom. The number of carbonyl (C=O) groups excluding carboxylic acids is 1. The number of benzene rings is 1. The zero-order chi connectivity index (χ0) is 23.4. The van der Waals surface area contributed by atoms with Crippen molar-refractivity contribution in [2.45, 2.75) is 12.7 Å². The van der Waals surface area contributed by atoms with E-state index >= 15 is 0 Å². The van der Waals surface area contributed by atoms with Crippen LogP contribution in [-0.4, -0.2) is 51.5 Å². The Bertz CT molecular complexity index is 1260. The molecule has 2 amide bonds. The van der Waals surface area contributed by atoms with Crippen LogP contribution in [0.15, 0.2) is 61.2 Å². The van der Waals surface area contributed by atoms with E-state index < -0.39 is 18.8 Å². The number of amides is 2. The smallest absolute Gasteiger partial charge is 0.329 e. The predicted octanol–water partition coefficient (Wildman–Crippen LogP) is 3.77. The van der Waals surface area contributed by atoms with Gasteiger partial charge in [-0.2, -0.15) is 18.3 Å². The van der Waals surface area contributed by atoms with Gasteiger partial charge < -0.3 is 16.0 Å². The molecule has 0 saturated carbocycles. The van der Waals surface area contributed by atoms with Crippen LogP contribution in [0.4, 0.5) is 23.7 Å². The zero-order valence-electron chi connectivity index (χ0n) is 17.7. The lowest BCUT2D eigenvalue weighted by Crippen LogP contribution is -2.36. The highest BCUT2D eigenvalue weighted by Gasteiger charge is 2.27. The summed E-state index contributed by atoms with van der Waals surface area (Å²) in [5.74, 6) is 0. The molecule has 172 valence electrons. The van der Waals surface area contributed by atoms with E-state index in [9.17, 15) is 18.0 Å². The van der Waals surface area contributed by atoms with Gasteiger partial charge in [0.25, 0.3) is 0 Å². The number of anilines is 1. The molecule has 3 N–H and O–H groups in total. The second-order valence-corrected chi connectivity index (χ2v) is 7.39. The topological polar surface area (TPSA) is 88.3 Å². The fraction of sp³-hybridized carbons (Fsp3) is 0.227. The minimum atomic E-state index is -4.47. The van der Waals surface area contributed by atoms with Crippen molar-refractivity contribution in [2.24, 2.45) is 0 Å². The highest BCUT2D eigenvalue weighted by atomic mass is 19.4. The first-order valence-electron chi connectivity index (χ1n) is 10.2. The summed E-state index contributed by atoms with van der Waals surface area (Å²) >= 11 is 0. The van der Waals surface area contributed by atoms with E-state index in [1.807, 2.05) is 52.9 Å². The number of nitrogens with zero attached hydrogens (tertiary/aromatic N) is 4. The summed E-state index contributed by atoms with van der Waals surface area (Å²) in [4.78, 5) is 16.2. The van der Waals surface area contributed by atoms with Gasteiger partial charge in [0.2, 0.25) is 0 Å². The van der Waals surface area contributed by atoms with Crippen molar-refractivity contribution in [1.82, 2.24) is 29.8 Å². The summed E-state index contributed by atoms with van der Waals surface area (Å²) in [5.41, 5.74) is 4.59. The van der Waals surface area contributed by atoms with Gasteiger partial charge >= 0.3 is 12.2 Å². The van der Waals surface area contributed by atoms with Crippen LogP contribution in [0.1, 0.15) is 0 Å². The number of likely N-dealkylation sites (N-methyl/N-ethyl adjacent to an activating group) is 1. The van der Waals surface area contributed by atoms with Gasteiger partial charge in [0.1, 0.15) is 12.2 Å². The minimum Gasteiger partial charge on any atom is -0.329 e. The highest BCUT2D eigenvalue weighted by molar-refractivity contribution is 5.90. The molecule has 0 aliphatic heterocycles. The van der Waals surface area contributed by atoms with Crippen LogP contribution in [0.2, 0.25) is 0 Å². The Balaban J connectivity index is 1.53. The van der Waals surface area contributed by atoms with Crippen molar-refractivity contribution in [3.05, 3.63) is 61.2 Å². The molecule has 8 nitrogen and oxygen atoms in total. The zero-order valence-corrected chi connectivity index (χ0v) is 17.7. The molecule has 3 heterocycles. The number of imidazole rings is 1. The third-order valence-electron chi connectivity index (χ3n) is 4.94. The van der Waals surface area contributed by atoms with Crippen LogP contribution >= 0.6 is 0 Å². The van der Waals surface area contributed by atoms with Crippen molar-refractivity contribution >= 4 is 17.4 Å². The number of hydrogen-bond acceptors (Lipinski definition) is 4. The molecule has 0 atom stereocenters. The molecule has 0 bridgehead atoms. The van der Waals surface area contributed by atoms with Crippen LogP contribution < -0.4 is 16.0 Å². The van der Waals surface area contributed by atoms with Gasteiger partial charge in [0.05, 0.1) is 24.6 Å². The number of alkyl halides is 3. The third-order valence-corrected chi connectivity index (χ3v) is 4.94. The van der Waals surface area contributed by atoms with Gasteiger partial charge in [0, 0.05) is 35.8 Å². The van der Waals surface area contributed by atoms with Gasteiger partial charge in [-0.15, -0.1) is 0 Å². The fourth-order valence-corrected chi connectivity index (χ4v) is 3.35. The monoisotopic (exact) mass is 457 g/mol. The largest absolute Gasteiger partial charge is 0.405 e. The maximum absolute atomic E-state index is 12.3. The Hall–Kier alpha value is -3.86. The van der Waals surface area contributed by atoms with Crippen LogP contribution in [0, 0.1) is 0 Å². The van der Waals surface area contributed by atoms with Gasteiger partial charge in [0.15, 0.2) is 0 Å². The fourth-order valence-electron chi connectivity index (χ4n) is 3.35. The second-order valence-electron chi connectivity index (χ2n) is 7.39. The molecule has 0 radical (unpaired) electrons. The lowest BCUT2D eigenvalue weighted by atomic mass is 10.1. The summed E-state index contributed by atoms with van der Waals surface area (Å²) in [6.45, 7) is 0.190. The van der Waals surface area contributed by atoms with E-state index in [1.54, 1.807) is 29.7 Å². The summed E-state index contributed by atoms with van der Waals surface area (Å²) in [5, 5.41) is 11.7. The minimum absolute atomic E-state index is 0.368. The lowest BCUT2D eigenvalue weighted by molar-refractivity contribution is -0.122. The molecule has 11 heteroatoms. The van der Waals surface area contributed by atoms with Crippen LogP contribution in [-0.2, 0) is 6.54 Å². The number of nitrogens with one attached hydrogen (secondary N) is 3. The Morgan fingerprint density at radius 3 is 2.73 bits per heavy atom. The average molecular weight is 457 g/mol. The van der Waals surface area contributed by atoms with Crippen molar-refractivity contribution in [3.63, 3.8) is 0 Å². The molecule has 0 aliphatic rings. The summed E-state index contributed by atoms with van der Waals surface area (Å²) in [7, 11) is 1.89. The van der Waals surface area contributed by atoms with Crippen molar-refractivity contribution in [2.75, 3.05) is 25.5 Å². The van der Waals surface area contributed by atoms with E-state index in [2.05, 4.69) is 20.7 Å². The Labute approximate surface area is 187 Å². The molecular formula is C22H22F3N7O. The van der Waals surface area contributed by atoms with E-state index in [-0.39, 0.29) is 0 Å². The van der Waals surface area contributed by atoms with E-state index in [0.717, 1.165) is 41.1 Å². The van der Waals surface area contributed by atoms with Gasteiger partial charge in [-0.3, -0.25) is 9.08 Å². The molecule has 4 aromatic rings. The quantitative estimate of drug-likeness (QED) is 0.394. The number of rotatable bonds is 7. The number of fused-ring (bicyclic) bond motifs is 1. The molecule has 1 aromatic carbocycles. The molecule has 3 aromatic heterocycles. The van der Waals surface area contributed by atoms with Crippen LogP contribution in [0.5, 0.6) is 0 Å². The maximum Gasteiger partial charge on any atom is 0.405 e. The van der Waals surface area contributed by atoms with Crippen LogP contribution in [0.3, 0.4) is 0 Å². The Kier molecular flexibility index (Phi) is 6.31. The predicted molar refractivity (Wildman–Crippen MR) is 119 cm³/mol. The van der Waals surface area contributed by atoms with Gasteiger partial charge in [-0.1, -0.05) is 12.1 Å². The molecular weight excluding hydrogens is 435 g/mol. The van der Waals surface area contributed by atoms with Crippen LogP contribution in [0.25, 0.3) is 28.0 Å². The summed E-state index contributed by atoms with van der Waals surface area (Å²) < 4.78 is 40.6. The highest BCUT2D eigenvalue weighted by Crippen LogP contribution is 2.26. The normalized spacial score (nSPS) is 11.6. The molecule has 0 fully saturated rings. The molecule has 4 rings (SSSR count). The number of hydrogen-bond donors (Lipinski definition) is 3. The first-order chi connectivity index (χ1) is 15.8. The van der Waals surface area contributed by atoms with E-state index in [0.29, 0.717) is 5.69 Å². The maximum atomic E-state index is 12.3. The van der Waals surface area contributed by atoms with Crippen molar-refractivity contribution < 1.29 is 18.0 Å². The lowest BCUT2D eigenvalue weighted by Gasteiger charge is -2.11. The van der Waals surface area contributed by atoms with E-state index in [4.69, 9.17) is 0 Å². The number of aromatic nitrogens is 4. The second kappa shape index (κ2) is 9.33. The molecule has 0 spiro atoms. The van der Waals surface area contributed by atoms with Gasteiger partial charge in [-0.05, 0) is 36.9 Å². The molecule has 0 aliphatic carbocycles. The standard InChI is InChI=1S/C22H22F3N7O/c1-26-6-8-31-13-17(11-29-31)15-5-7-32-19(12-27-20(32)10-15)16-3-2-4-18(9-16)30-21(33)28-14-22(23,24)25/h2-5,7,9-13,26H,6,8,14H2,1H3,(H2,28,30,33). The summed E-state index contributed by atoms with van der Waals surface area (Å²) in [6, 6.07) is 9.81. The number of urea groups is 1. The Morgan fingerprint density at radius 1 is 1.09 bits per heavy atom. The molecule has 33 heavy (non-hydrogen) atoms. The summed E-state index contributed by atoms with van der Waals surface area (Å²) in [6.07, 6.45) is 2.92. The number of pyridine rings is 1. The van der Waals surface area contributed by atoms with Gasteiger partial charge in [-0.25, -0.2) is 9.78 Å². The first-order valence-corrected chi connectivity index (χ1v) is 10.2. The van der Waals surface area contributed by atoms with Crippen molar-refractivity contribution in [3.8, 4) is 22.4 Å². The average Bonchev–Trinajstić information content (AvgIpc) is 3.43. The van der Waals surface area contributed by atoms with E-state index in [1.165, 1.54) is 0 Å². The first kappa shape index (κ1) is 22.3. The molecule has 0 saturated heterocycles. The third kappa shape index (κ3) is 5.50. The number of carbonyl (C=O) groups is 1. The molecule has 0 unspecified atom stereocenters. The number of halogens is 3. The van der Waals surface area contributed by atoms with Crippen molar-refractivity contribution in [1.29, 1.82) is 0 Å².